The predicted molar refractivity (Wildman–Crippen MR) is 127 cm³/mol. The van der Waals surface area contributed by atoms with Gasteiger partial charge in [0.05, 0.1) is 5.56 Å². The highest BCUT2D eigenvalue weighted by molar-refractivity contribution is 6.32. The van der Waals surface area contributed by atoms with Crippen molar-refractivity contribution in [1.29, 1.82) is 0 Å². The first-order valence-electron chi connectivity index (χ1n) is 10.9. The molecule has 1 aromatic heterocycles. The summed E-state index contributed by atoms with van der Waals surface area (Å²) in [6, 6.07) is 20.7. The third-order valence-electron chi connectivity index (χ3n) is 5.79. The van der Waals surface area contributed by atoms with E-state index >= 15 is 0 Å². The second-order valence-corrected chi connectivity index (χ2v) is 8.24. The van der Waals surface area contributed by atoms with Crippen LogP contribution in [0.1, 0.15) is 33.6 Å². The van der Waals surface area contributed by atoms with E-state index in [0.717, 1.165) is 11.1 Å². The molecule has 3 aromatic rings. The molecule has 2 aromatic carbocycles. The minimum Gasteiger partial charge on any atom is -0.339 e. The van der Waals surface area contributed by atoms with Gasteiger partial charge < -0.3 is 9.80 Å². The van der Waals surface area contributed by atoms with Gasteiger partial charge in [-0.3, -0.25) is 14.4 Å². The first-order valence-corrected chi connectivity index (χ1v) is 11.3. The highest BCUT2D eigenvalue weighted by Gasteiger charge is 2.26. The van der Waals surface area contributed by atoms with Crippen LogP contribution in [0.5, 0.6) is 0 Å². The molecule has 1 fully saturated rings. The zero-order valence-electron chi connectivity index (χ0n) is 18.1. The number of Topliss-reactive ketones (excluding diaryl/α,β-unsaturated/α-hetero) is 1. The topological polar surface area (TPSA) is 70.6 Å². The number of nitrogens with zero attached hydrogens (tertiary/aromatic N) is 3. The number of rotatable bonds is 6. The van der Waals surface area contributed by atoms with Gasteiger partial charge in [-0.25, -0.2) is 4.98 Å². The zero-order valence-corrected chi connectivity index (χ0v) is 18.9. The van der Waals surface area contributed by atoms with Crippen molar-refractivity contribution in [3.63, 3.8) is 0 Å². The van der Waals surface area contributed by atoms with Gasteiger partial charge >= 0.3 is 0 Å². The average molecular weight is 462 g/mol. The Hall–Kier alpha value is -3.51. The van der Waals surface area contributed by atoms with E-state index in [-0.39, 0.29) is 35.6 Å². The van der Waals surface area contributed by atoms with Crippen molar-refractivity contribution in [2.45, 2.75) is 12.8 Å². The van der Waals surface area contributed by atoms with Crippen LogP contribution in [0.25, 0.3) is 11.1 Å². The number of aromatic nitrogens is 1. The molecule has 1 aliphatic heterocycles. The van der Waals surface area contributed by atoms with E-state index in [1.54, 1.807) is 21.9 Å². The van der Waals surface area contributed by atoms with E-state index in [9.17, 15) is 14.4 Å². The first kappa shape index (κ1) is 22.7. The molecule has 0 saturated carbocycles. The Bertz CT molecular complexity index is 1140. The molecule has 168 valence electrons. The van der Waals surface area contributed by atoms with Crippen LogP contribution < -0.4 is 0 Å². The predicted octanol–water partition coefficient (Wildman–Crippen LogP) is 4.35. The summed E-state index contributed by atoms with van der Waals surface area (Å²) in [6.45, 7) is 1.71. The number of ketones is 1. The SMILES string of the molecule is O=C(CCC(=O)N1CCN(C(=O)c2cccnc2Cl)CC1)c1ccc(-c2ccccc2)cc1. The molecule has 0 radical (unpaired) electrons. The summed E-state index contributed by atoms with van der Waals surface area (Å²) in [5.41, 5.74) is 3.10. The molecule has 1 aliphatic rings. The van der Waals surface area contributed by atoms with E-state index in [1.165, 1.54) is 6.20 Å². The third-order valence-corrected chi connectivity index (χ3v) is 6.09. The molecular formula is C26H24ClN3O3. The van der Waals surface area contributed by atoms with E-state index in [1.807, 2.05) is 54.6 Å². The molecule has 33 heavy (non-hydrogen) atoms. The van der Waals surface area contributed by atoms with Crippen LogP contribution in [0.2, 0.25) is 5.15 Å². The fraction of sp³-hybridized carbons (Fsp3) is 0.231. The quantitative estimate of drug-likeness (QED) is 0.404. The van der Waals surface area contributed by atoms with Crippen LogP contribution in [-0.2, 0) is 4.79 Å². The van der Waals surface area contributed by atoms with Gasteiger partial charge in [-0.2, -0.15) is 0 Å². The van der Waals surface area contributed by atoms with Gasteiger partial charge in [0.2, 0.25) is 5.91 Å². The Labute approximate surface area is 197 Å². The summed E-state index contributed by atoms with van der Waals surface area (Å²) in [6.07, 6.45) is 1.85. The molecule has 2 amide bonds. The average Bonchev–Trinajstić information content (AvgIpc) is 2.87. The van der Waals surface area contributed by atoms with Crippen molar-refractivity contribution in [2.24, 2.45) is 0 Å². The van der Waals surface area contributed by atoms with Crippen LogP contribution in [-0.4, -0.2) is 58.6 Å². The zero-order chi connectivity index (χ0) is 23.2. The van der Waals surface area contributed by atoms with Gasteiger partial charge in [0.1, 0.15) is 5.15 Å². The minimum atomic E-state index is -0.186. The highest BCUT2D eigenvalue weighted by atomic mass is 35.5. The lowest BCUT2D eigenvalue weighted by Gasteiger charge is -2.35. The maximum Gasteiger partial charge on any atom is 0.257 e. The number of benzene rings is 2. The van der Waals surface area contributed by atoms with E-state index < -0.39 is 0 Å². The summed E-state index contributed by atoms with van der Waals surface area (Å²) >= 11 is 6.02. The molecule has 0 unspecified atom stereocenters. The molecule has 0 spiro atoms. The summed E-state index contributed by atoms with van der Waals surface area (Å²) in [4.78, 5) is 45.1. The second-order valence-electron chi connectivity index (χ2n) is 7.88. The fourth-order valence-electron chi connectivity index (χ4n) is 3.88. The Balaban J connectivity index is 1.26. The van der Waals surface area contributed by atoms with Crippen molar-refractivity contribution >= 4 is 29.2 Å². The molecule has 2 heterocycles. The number of carbonyl (C=O) groups is 3. The number of halogens is 1. The maximum atomic E-state index is 12.6. The number of piperazine rings is 1. The standard InChI is InChI=1S/C26H24ClN3O3/c27-25-22(7-4-14-28-25)26(33)30-17-15-29(16-18-30)24(32)13-12-23(31)21-10-8-20(9-11-21)19-5-2-1-3-6-19/h1-11,14H,12-13,15-18H2. The second kappa shape index (κ2) is 10.4. The van der Waals surface area contributed by atoms with Crippen LogP contribution in [0.3, 0.4) is 0 Å². The fourth-order valence-corrected chi connectivity index (χ4v) is 4.08. The monoisotopic (exact) mass is 461 g/mol. The Morgan fingerprint density at radius 3 is 2.06 bits per heavy atom. The maximum absolute atomic E-state index is 12.6. The number of hydrogen-bond donors (Lipinski definition) is 0. The van der Waals surface area contributed by atoms with Crippen molar-refractivity contribution < 1.29 is 14.4 Å². The molecule has 0 atom stereocenters. The summed E-state index contributed by atoms with van der Waals surface area (Å²) in [7, 11) is 0. The molecule has 4 rings (SSSR count). The number of carbonyl (C=O) groups excluding carboxylic acids is 3. The lowest BCUT2D eigenvalue weighted by Crippen LogP contribution is -2.50. The first-order chi connectivity index (χ1) is 16.0. The normalized spacial score (nSPS) is 13.6. The molecule has 1 saturated heterocycles. The molecule has 0 aliphatic carbocycles. The van der Waals surface area contributed by atoms with Crippen molar-refractivity contribution in [2.75, 3.05) is 26.2 Å². The van der Waals surface area contributed by atoms with Crippen LogP contribution in [0.15, 0.2) is 72.9 Å². The van der Waals surface area contributed by atoms with E-state index in [2.05, 4.69) is 4.98 Å². The van der Waals surface area contributed by atoms with Gasteiger partial charge in [-0.1, -0.05) is 66.2 Å². The number of hydrogen-bond acceptors (Lipinski definition) is 4. The molecular weight excluding hydrogens is 438 g/mol. The molecule has 6 nitrogen and oxygen atoms in total. The minimum absolute atomic E-state index is 0.0528. The molecule has 7 heteroatoms. The van der Waals surface area contributed by atoms with Gasteiger partial charge in [-0.15, -0.1) is 0 Å². The van der Waals surface area contributed by atoms with E-state index in [0.29, 0.717) is 37.3 Å². The molecule has 0 bridgehead atoms. The van der Waals surface area contributed by atoms with Gasteiger partial charge in [0.25, 0.3) is 5.91 Å². The van der Waals surface area contributed by atoms with E-state index in [4.69, 9.17) is 11.6 Å². The van der Waals surface area contributed by atoms with Gasteiger partial charge in [0, 0.05) is 50.8 Å². The third kappa shape index (κ3) is 5.46. The smallest absolute Gasteiger partial charge is 0.257 e. The highest BCUT2D eigenvalue weighted by Crippen LogP contribution is 2.20. The molecule has 0 N–H and O–H groups in total. The number of pyridine rings is 1. The summed E-state index contributed by atoms with van der Waals surface area (Å²) < 4.78 is 0. The van der Waals surface area contributed by atoms with Gasteiger partial charge in [-0.05, 0) is 23.3 Å². The van der Waals surface area contributed by atoms with Gasteiger partial charge in [0.15, 0.2) is 5.78 Å². The Kier molecular flexibility index (Phi) is 7.15. The number of amides is 2. The Morgan fingerprint density at radius 2 is 1.39 bits per heavy atom. The van der Waals surface area contributed by atoms with Crippen LogP contribution >= 0.6 is 11.6 Å². The lowest BCUT2D eigenvalue weighted by molar-refractivity contribution is -0.132. The summed E-state index contributed by atoms with van der Waals surface area (Å²) in [5, 5.41) is 0.177. The summed E-state index contributed by atoms with van der Waals surface area (Å²) in [5.74, 6) is -0.312. The van der Waals surface area contributed by atoms with Crippen molar-refractivity contribution in [1.82, 2.24) is 14.8 Å². The lowest BCUT2D eigenvalue weighted by atomic mass is 10.0. The van der Waals surface area contributed by atoms with Crippen LogP contribution in [0.4, 0.5) is 0 Å². The van der Waals surface area contributed by atoms with Crippen molar-refractivity contribution in [3.05, 3.63) is 89.2 Å². The Morgan fingerprint density at radius 1 is 0.758 bits per heavy atom. The van der Waals surface area contributed by atoms with Crippen molar-refractivity contribution in [3.8, 4) is 11.1 Å². The van der Waals surface area contributed by atoms with Crippen LogP contribution in [0, 0.1) is 0 Å². The largest absolute Gasteiger partial charge is 0.339 e.